The van der Waals surface area contributed by atoms with Gasteiger partial charge in [0.05, 0.1) is 11.2 Å². The number of cyclic esters (lactones) is 1. The quantitative estimate of drug-likeness (QED) is 0.676. The molecule has 1 atom stereocenters. The number of pyridine rings is 1. The lowest BCUT2D eigenvalue weighted by Crippen LogP contribution is -2.33. The first-order valence-corrected chi connectivity index (χ1v) is 11.3. The normalized spacial score (nSPS) is 19.8. The second kappa shape index (κ2) is 8.32. The van der Waals surface area contributed by atoms with Crippen LogP contribution in [0.3, 0.4) is 0 Å². The minimum absolute atomic E-state index is 0.145. The number of hydrogen-bond acceptors (Lipinski definition) is 7. The fourth-order valence-corrected chi connectivity index (χ4v) is 4.71. The van der Waals surface area contributed by atoms with E-state index in [4.69, 9.17) is 19.2 Å². The number of benzene rings is 1. The van der Waals surface area contributed by atoms with E-state index in [-0.39, 0.29) is 13.4 Å². The molecule has 1 unspecified atom stereocenters. The molecule has 1 aromatic heterocycles. The van der Waals surface area contributed by atoms with Gasteiger partial charge in [-0.15, -0.1) is 0 Å². The third-order valence-electron chi connectivity index (χ3n) is 6.43. The molecular weight excluding hydrogens is 420 g/mol. The van der Waals surface area contributed by atoms with Crippen LogP contribution in [-0.4, -0.2) is 41.6 Å². The van der Waals surface area contributed by atoms with Gasteiger partial charge < -0.3 is 24.6 Å². The summed E-state index contributed by atoms with van der Waals surface area (Å²) in [6.45, 7) is 11.6. The van der Waals surface area contributed by atoms with E-state index in [0.29, 0.717) is 30.3 Å². The largest absolute Gasteiger partial charge is 0.459 e. The second-order valence-electron chi connectivity index (χ2n) is 8.92. The fraction of sp³-hybridized carbons (Fsp3) is 0.385. The molecule has 172 valence electrons. The minimum atomic E-state index is -1.30. The Bertz CT molecular complexity index is 1240. The van der Waals surface area contributed by atoms with Gasteiger partial charge in [-0.25, -0.2) is 9.78 Å². The van der Waals surface area contributed by atoms with Crippen molar-refractivity contribution < 1.29 is 24.1 Å². The summed E-state index contributed by atoms with van der Waals surface area (Å²) in [7, 11) is 0. The first-order chi connectivity index (χ1) is 15.9. The van der Waals surface area contributed by atoms with Crippen LogP contribution < -0.4 is 14.8 Å². The smallest absolute Gasteiger partial charge is 0.339 e. The highest BCUT2D eigenvalue weighted by atomic mass is 16.7. The van der Waals surface area contributed by atoms with Gasteiger partial charge in [-0.1, -0.05) is 27.4 Å². The number of aliphatic hydroxyl groups excluding tert-OH is 1. The number of aliphatic hydroxyl groups is 1. The molecule has 0 spiro atoms. The van der Waals surface area contributed by atoms with Crippen molar-refractivity contribution in [2.24, 2.45) is 0 Å². The number of aromatic nitrogens is 1. The maximum absolute atomic E-state index is 12.0. The number of nitrogens with one attached hydrogen (secondary N) is 1. The summed E-state index contributed by atoms with van der Waals surface area (Å²) in [5.41, 5.74) is 7.12. The Labute approximate surface area is 192 Å². The summed E-state index contributed by atoms with van der Waals surface area (Å²) in [6.07, 6.45) is 1.95. The van der Waals surface area contributed by atoms with Gasteiger partial charge in [0.25, 0.3) is 0 Å². The van der Waals surface area contributed by atoms with Gasteiger partial charge in [0.2, 0.25) is 6.79 Å². The zero-order chi connectivity index (χ0) is 23.3. The van der Waals surface area contributed by atoms with Crippen LogP contribution in [0.25, 0.3) is 16.5 Å². The lowest BCUT2D eigenvalue weighted by Gasteiger charge is -2.29. The molecule has 2 aromatic rings. The molecule has 0 amide bonds. The molecule has 3 aliphatic rings. The molecule has 1 aliphatic carbocycles. The predicted octanol–water partition coefficient (Wildman–Crippen LogP) is 3.58. The van der Waals surface area contributed by atoms with E-state index < -0.39 is 12.1 Å². The summed E-state index contributed by atoms with van der Waals surface area (Å²) in [6, 6.07) is 4.26. The molecule has 0 radical (unpaired) electrons. The summed E-state index contributed by atoms with van der Waals surface area (Å²) < 4.78 is 16.3. The summed E-state index contributed by atoms with van der Waals surface area (Å²) in [5, 5.41) is 15.1. The molecule has 0 saturated carbocycles. The molecule has 7 heteroatoms. The molecule has 1 aromatic carbocycles. The molecule has 7 nitrogen and oxygen atoms in total. The van der Waals surface area contributed by atoms with E-state index in [2.05, 4.69) is 32.7 Å². The van der Waals surface area contributed by atoms with Gasteiger partial charge in [-0.3, -0.25) is 0 Å². The molecule has 0 saturated heterocycles. The van der Waals surface area contributed by atoms with Crippen LogP contribution in [0.5, 0.6) is 11.5 Å². The summed E-state index contributed by atoms with van der Waals surface area (Å²) >= 11 is 0. The molecule has 3 heterocycles. The van der Waals surface area contributed by atoms with E-state index >= 15 is 0 Å². The Morgan fingerprint density at radius 2 is 1.97 bits per heavy atom. The van der Waals surface area contributed by atoms with Gasteiger partial charge in [0.1, 0.15) is 6.61 Å². The Morgan fingerprint density at radius 3 is 2.70 bits per heavy atom. The molecule has 2 aliphatic heterocycles. The van der Waals surface area contributed by atoms with Gasteiger partial charge >= 0.3 is 5.97 Å². The highest BCUT2D eigenvalue weighted by molar-refractivity contribution is 5.91. The molecule has 0 fully saturated rings. The van der Waals surface area contributed by atoms with Gasteiger partial charge in [0, 0.05) is 24.0 Å². The average molecular weight is 449 g/mol. The first kappa shape index (κ1) is 21.7. The fourth-order valence-electron chi connectivity index (χ4n) is 4.71. The average Bonchev–Trinajstić information content (AvgIpc) is 3.25. The van der Waals surface area contributed by atoms with Crippen LogP contribution in [0.15, 0.2) is 41.5 Å². The molecule has 5 rings (SSSR count). The number of ether oxygens (including phenoxy) is 3. The minimum Gasteiger partial charge on any atom is -0.459 e. The molecule has 0 bridgehead atoms. The molecule has 33 heavy (non-hydrogen) atoms. The Hall–Kier alpha value is -3.16. The second-order valence-corrected chi connectivity index (χ2v) is 8.92. The Morgan fingerprint density at radius 1 is 1.21 bits per heavy atom. The number of esters is 1. The molecule has 2 N–H and O–H groups in total. The highest BCUT2D eigenvalue weighted by Crippen LogP contribution is 2.42. The van der Waals surface area contributed by atoms with Crippen LogP contribution in [-0.2, 0) is 22.5 Å². The molecular formula is C26H28N2O5. The van der Waals surface area contributed by atoms with Crippen molar-refractivity contribution in [3.05, 3.63) is 58.3 Å². The van der Waals surface area contributed by atoms with E-state index in [9.17, 15) is 9.90 Å². The van der Waals surface area contributed by atoms with Gasteiger partial charge in [-0.05, 0) is 58.4 Å². The topological polar surface area (TPSA) is 89.9 Å². The monoisotopic (exact) mass is 448 g/mol. The van der Waals surface area contributed by atoms with Crippen LogP contribution in [0.4, 0.5) is 0 Å². The van der Waals surface area contributed by atoms with E-state index in [1.165, 1.54) is 5.56 Å². The van der Waals surface area contributed by atoms with Crippen molar-refractivity contribution in [2.75, 3.05) is 13.4 Å². The number of carbonyl (C=O) groups is 1. The van der Waals surface area contributed by atoms with Crippen LogP contribution in [0.2, 0.25) is 0 Å². The zero-order valence-corrected chi connectivity index (χ0v) is 19.2. The van der Waals surface area contributed by atoms with Crippen molar-refractivity contribution in [1.29, 1.82) is 0 Å². The first-order valence-electron chi connectivity index (χ1n) is 11.3. The van der Waals surface area contributed by atoms with Crippen LogP contribution >= 0.6 is 0 Å². The van der Waals surface area contributed by atoms with Crippen LogP contribution in [0, 0.1) is 0 Å². The third kappa shape index (κ3) is 3.71. The van der Waals surface area contributed by atoms with E-state index in [1.54, 1.807) is 0 Å². The third-order valence-corrected chi connectivity index (χ3v) is 6.43. The maximum atomic E-state index is 12.0. The number of allylic oxidation sites excluding steroid dienone is 1. The van der Waals surface area contributed by atoms with E-state index in [1.807, 2.05) is 18.2 Å². The Kier molecular flexibility index (Phi) is 5.46. The number of nitrogens with zero attached hydrogens (tertiary/aromatic N) is 1. The standard InChI is InChI=1S/C26H28N2O5/c1-5-16-19(10-27-13(2)3)17-8-22-23(33-12-32-22)9-21(17)28-24(16)15-6-14(4)20-11-31-26(30)25(29)18(20)7-15/h7-9,13,25,27,29H,4-6,10-12H2,1-3H3. The summed E-state index contributed by atoms with van der Waals surface area (Å²) in [5.74, 6) is 0.787. The number of rotatable bonds is 5. The number of hydrogen-bond donors (Lipinski definition) is 2. The van der Waals surface area contributed by atoms with Crippen molar-refractivity contribution in [2.45, 2.75) is 52.3 Å². The van der Waals surface area contributed by atoms with Crippen molar-refractivity contribution >= 4 is 22.4 Å². The summed E-state index contributed by atoms with van der Waals surface area (Å²) in [4.78, 5) is 17.1. The highest BCUT2D eigenvalue weighted by Gasteiger charge is 2.33. The van der Waals surface area contributed by atoms with Gasteiger partial charge in [-0.2, -0.15) is 0 Å². The van der Waals surface area contributed by atoms with Crippen molar-refractivity contribution in [3.63, 3.8) is 0 Å². The zero-order valence-electron chi connectivity index (χ0n) is 19.2. The lowest BCUT2D eigenvalue weighted by atomic mass is 9.82. The van der Waals surface area contributed by atoms with Crippen molar-refractivity contribution in [3.8, 4) is 11.5 Å². The number of fused-ring (bicyclic) bond motifs is 2. The Balaban J connectivity index is 1.72. The van der Waals surface area contributed by atoms with E-state index in [0.717, 1.165) is 51.0 Å². The SMILES string of the molecule is C=C1CC(c2nc3cc4c(cc3c(CNC(C)C)c2CC)OCO4)=CC2=C1COC(=O)C2O. The lowest BCUT2D eigenvalue weighted by molar-refractivity contribution is -0.151. The van der Waals surface area contributed by atoms with Gasteiger partial charge in [0.15, 0.2) is 17.6 Å². The predicted molar refractivity (Wildman–Crippen MR) is 125 cm³/mol. The maximum Gasteiger partial charge on any atom is 0.339 e. The number of carbonyl (C=O) groups excluding carboxylic acids is 1. The van der Waals surface area contributed by atoms with Crippen LogP contribution in [0.1, 0.15) is 44.0 Å². The van der Waals surface area contributed by atoms with Crippen molar-refractivity contribution in [1.82, 2.24) is 10.3 Å².